The number of rotatable bonds is 7. The molecule has 0 atom stereocenters. The fourth-order valence-corrected chi connectivity index (χ4v) is 4.60. The molecule has 1 saturated heterocycles. The molecular weight excluding hydrogens is 338 g/mol. The van der Waals surface area contributed by atoms with Crippen LogP contribution in [-0.4, -0.2) is 34.4 Å². The molecule has 5 nitrogen and oxygen atoms in total. The fraction of sp³-hybridized carbons (Fsp3) is 0.412. The Labute approximate surface area is 150 Å². The molecule has 0 unspecified atom stereocenters. The summed E-state index contributed by atoms with van der Waals surface area (Å²) >= 11 is 3.50. The Morgan fingerprint density at radius 2 is 1.96 bits per heavy atom. The number of aromatic nitrogens is 3. The van der Waals surface area contributed by atoms with Crippen LogP contribution in [0, 0.1) is 0 Å². The SMILES string of the molecule is c1csc(CCNCc2cccn2-c2nnc(N3CCCC3)s2)c1. The summed E-state index contributed by atoms with van der Waals surface area (Å²) in [7, 11) is 0. The van der Waals surface area contributed by atoms with Gasteiger partial charge in [-0.1, -0.05) is 17.4 Å². The Morgan fingerprint density at radius 1 is 1.08 bits per heavy atom. The second kappa shape index (κ2) is 7.46. The highest BCUT2D eigenvalue weighted by atomic mass is 32.1. The first-order valence-corrected chi connectivity index (χ1v) is 10.1. The van der Waals surface area contributed by atoms with Crippen molar-refractivity contribution in [3.8, 4) is 5.13 Å². The molecule has 3 aromatic heterocycles. The monoisotopic (exact) mass is 359 g/mol. The van der Waals surface area contributed by atoms with Crippen molar-refractivity contribution >= 4 is 27.8 Å². The van der Waals surface area contributed by atoms with Crippen molar-refractivity contribution in [2.24, 2.45) is 0 Å². The van der Waals surface area contributed by atoms with E-state index in [-0.39, 0.29) is 0 Å². The van der Waals surface area contributed by atoms with Gasteiger partial charge in [-0.25, -0.2) is 0 Å². The van der Waals surface area contributed by atoms with E-state index in [9.17, 15) is 0 Å². The number of hydrogen-bond acceptors (Lipinski definition) is 6. The van der Waals surface area contributed by atoms with Crippen molar-refractivity contribution in [3.63, 3.8) is 0 Å². The molecule has 4 heterocycles. The van der Waals surface area contributed by atoms with Crippen LogP contribution in [0.25, 0.3) is 5.13 Å². The van der Waals surface area contributed by atoms with Crippen molar-refractivity contribution in [2.45, 2.75) is 25.8 Å². The Kier molecular flexibility index (Phi) is 4.91. The summed E-state index contributed by atoms with van der Waals surface area (Å²) in [6, 6.07) is 8.52. The number of anilines is 1. The Balaban J connectivity index is 1.37. The summed E-state index contributed by atoms with van der Waals surface area (Å²) in [6.07, 6.45) is 5.68. The molecule has 4 rings (SSSR count). The van der Waals surface area contributed by atoms with Gasteiger partial charge in [0, 0.05) is 42.9 Å². The smallest absolute Gasteiger partial charge is 0.218 e. The minimum Gasteiger partial charge on any atom is -0.347 e. The highest BCUT2D eigenvalue weighted by molar-refractivity contribution is 7.17. The van der Waals surface area contributed by atoms with E-state index in [2.05, 4.69) is 60.8 Å². The summed E-state index contributed by atoms with van der Waals surface area (Å²) in [5.74, 6) is 0. The second-order valence-corrected chi connectivity index (χ2v) is 7.90. The van der Waals surface area contributed by atoms with Crippen LogP contribution in [0.3, 0.4) is 0 Å². The van der Waals surface area contributed by atoms with Crippen LogP contribution in [-0.2, 0) is 13.0 Å². The first kappa shape index (κ1) is 15.8. The molecule has 1 aliphatic rings. The minimum absolute atomic E-state index is 0.844. The van der Waals surface area contributed by atoms with Crippen LogP contribution in [0.4, 0.5) is 5.13 Å². The molecule has 0 spiro atoms. The normalized spacial score (nSPS) is 14.6. The van der Waals surface area contributed by atoms with E-state index in [0.717, 1.165) is 42.9 Å². The molecule has 1 fully saturated rings. The maximum absolute atomic E-state index is 4.40. The summed E-state index contributed by atoms with van der Waals surface area (Å²) in [5.41, 5.74) is 1.23. The van der Waals surface area contributed by atoms with Crippen LogP contribution < -0.4 is 10.2 Å². The standard InChI is InChI=1S/C17H21N5S2/c1-2-10-21(9-1)16-19-20-17(24-16)22-11-3-5-14(22)13-18-8-7-15-6-4-12-23-15/h3-6,11-12,18H,1-2,7-10,13H2. The van der Waals surface area contributed by atoms with Crippen molar-refractivity contribution in [1.29, 1.82) is 0 Å². The van der Waals surface area contributed by atoms with Gasteiger partial charge < -0.3 is 10.2 Å². The van der Waals surface area contributed by atoms with Crippen molar-refractivity contribution in [2.75, 3.05) is 24.5 Å². The van der Waals surface area contributed by atoms with E-state index in [1.54, 1.807) is 11.3 Å². The second-order valence-electron chi connectivity index (χ2n) is 5.94. The fourth-order valence-electron chi connectivity index (χ4n) is 2.97. The molecule has 0 amide bonds. The lowest BCUT2D eigenvalue weighted by Crippen LogP contribution is -2.18. The zero-order valence-corrected chi connectivity index (χ0v) is 15.2. The van der Waals surface area contributed by atoms with Gasteiger partial charge in [0.25, 0.3) is 0 Å². The minimum atomic E-state index is 0.844. The van der Waals surface area contributed by atoms with Crippen LogP contribution in [0.15, 0.2) is 35.8 Å². The third-order valence-electron chi connectivity index (χ3n) is 4.25. The molecule has 7 heteroatoms. The first-order chi connectivity index (χ1) is 11.9. The summed E-state index contributed by atoms with van der Waals surface area (Å²) < 4.78 is 2.15. The number of nitrogens with one attached hydrogen (secondary N) is 1. The lowest BCUT2D eigenvalue weighted by Gasteiger charge is -2.11. The van der Waals surface area contributed by atoms with E-state index >= 15 is 0 Å². The molecule has 0 radical (unpaired) electrons. The molecule has 0 aliphatic carbocycles. The highest BCUT2D eigenvalue weighted by Gasteiger charge is 2.17. The van der Waals surface area contributed by atoms with Gasteiger partial charge >= 0.3 is 0 Å². The predicted molar refractivity (Wildman–Crippen MR) is 100 cm³/mol. The number of nitrogens with zero attached hydrogens (tertiary/aromatic N) is 4. The number of thiophene rings is 1. The maximum atomic E-state index is 4.40. The van der Waals surface area contributed by atoms with Crippen molar-refractivity contribution < 1.29 is 0 Å². The molecule has 1 aliphatic heterocycles. The van der Waals surface area contributed by atoms with E-state index in [1.165, 1.54) is 23.4 Å². The Bertz CT molecular complexity index is 756. The van der Waals surface area contributed by atoms with E-state index in [1.807, 2.05) is 11.3 Å². The molecule has 1 N–H and O–H groups in total. The zero-order chi connectivity index (χ0) is 16.2. The van der Waals surface area contributed by atoms with Gasteiger partial charge in [0.2, 0.25) is 10.3 Å². The topological polar surface area (TPSA) is 46.0 Å². The van der Waals surface area contributed by atoms with Gasteiger partial charge in [0.05, 0.1) is 0 Å². The maximum Gasteiger partial charge on any atom is 0.218 e. The predicted octanol–water partition coefficient (Wildman–Crippen LogP) is 3.32. The number of hydrogen-bond donors (Lipinski definition) is 1. The third kappa shape index (κ3) is 3.53. The van der Waals surface area contributed by atoms with Gasteiger partial charge in [-0.15, -0.1) is 21.5 Å². The van der Waals surface area contributed by atoms with E-state index in [0.29, 0.717) is 0 Å². The molecule has 3 aromatic rings. The van der Waals surface area contributed by atoms with Crippen LogP contribution >= 0.6 is 22.7 Å². The first-order valence-electron chi connectivity index (χ1n) is 8.38. The molecule has 0 saturated carbocycles. The van der Waals surface area contributed by atoms with Crippen molar-refractivity contribution in [3.05, 3.63) is 46.4 Å². The lowest BCUT2D eigenvalue weighted by molar-refractivity contribution is 0.667. The van der Waals surface area contributed by atoms with E-state index in [4.69, 9.17) is 0 Å². The molecule has 0 aromatic carbocycles. The van der Waals surface area contributed by atoms with Crippen molar-refractivity contribution in [1.82, 2.24) is 20.1 Å². The molecule has 0 bridgehead atoms. The van der Waals surface area contributed by atoms with Gasteiger partial charge in [-0.05, 0) is 42.8 Å². The summed E-state index contributed by atoms with van der Waals surface area (Å²) in [6.45, 7) is 4.05. The largest absolute Gasteiger partial charge is 0.347 e. The summed E-state index contributed by atoms with van der Waals surface area (Å²) in [5, 5.41) is 16.4. The van der Waals surface area contributed by atoms with Crippen LogP contribution in [0.2, 0.25) is 0 Å². The zero-order valence-electron chi connectivity index (χ0n) is 13.5. The van der Waals surface area contributed by atoms with E-state index < -0.39 is 0 Å². The van der Waals surface area contributed by atoms with Gasteiger partial charge in [-0.3, -0.25) is 4.57 Å². The Hall–Kier alpha value is -1.70. The molecule has 24 heavy (non-hydrogen) atoms. The lowest BCUT2D eigenvalue weighted by atomic mass is 10.3. The average molecular weight is 360 g/mol. The van der Waals surface area contributed by atoms with Gasteiger partial charge in [0.15, 0.2) is 0 Å². The van der Waals surface area contributed by atoms with Crippen LogP contribution in [0.5, 0.6) is 0 Å². The molecular formula is C17H21N5S2. The molecule has 126 valence electrons. The quantitative estimate of drug-likeness (QED) is 0.657. The summed E-state index contributed by atoms with van der Waals surface area (Å²) in [4.78, 5) is 3.76. The van der Waals surface area contributed by atoms with Gasteiger partial charge in [-0.2, -0.15) is 0 Å². The third-order valence-corrected chi connectivity index (χ3v) is 6.17. The average Bonchev–Trinajstić information content (AvgIpc) is 3.40. The van der Waals surface area contributed by atoms with Gasteiger partial charge in [0.1, 0.15) is 0 Å². The van der Waals surface area contributed by atoms with Crippen LogP contribution in [0.1, 0.15) is 23.4 Å². The highest BCUT2D eigenvalue weighted by Crippen LogP contribution is 2.27. The Morgan fingerprint density at radius 3 is 2.79 bits per heavy atom.